The van der Waals surface area contributed by atoms with E-state index >= 15 is 0 Å². The summed E-state index contributed by atoms with van der Waals surface area (Å²) >= 11 is 7.51. The van der Waals surface area contributed by atoms with E-state index in [0.717, 1.165) is 11.3 Å². The van der Waals surface area contributed by atoms with Crippen molar-refractivity contribution in [3.05, 3.63) is 64.9 Å². The van der Waals surface area contributed by atoms with Gasteiger partial charge in [-0.15, -0.1) is 11.8 Å². The first kappa shape index (κ1) is 15.2. The monoisotopic (exact) mass is 336 g/mol. The molecule has 22 heavy (non-hydrogen) atoms. The van der Waals surface area contributed by atoms with Gasteiger partial charge in [-0.2, -0.15) is 0 Å². The van der Waals surface area contributed by atoms with E-state index in [1.807, 2.05) is 0 Å². The number of hydrogen-bond acceptors (Lipinski definition) is 2. The molecular weight excluding hydrogens is 323 g/mol. The summed E-state index contributed by atoms with van der Waals surface area (Å²) in [6.45, 7) is 0.659. The average molecular weight is 337 g/mol. The number of carbonyl (C=O) groups excluding carboxylic acids is 1. The molecule has 3 nitrogen and oxygen atoms in total. The van der Waals surface area contributed by atoms with Crippen molar-refractivity contribution in [2.75, 3.05) is 17.6 Å². The molecule has 0 radical (unpaired) electrons. The first-order valence-electron chi connectivity index (χ1n) is 6.84. The molecule has 1 unspecified atom stereocenters. The third kappa shape index (κ3) is 3.36. The summed E-state index contributed by atoms with van der Waals surface area (Å²) in [6.07, 6.45) is 0. The van der Waals surface area contributed by atoms with Crippen molar-refractivity contribution in [2.24, 2.45) is 0 Å². The lowest BCUT2D eigenvalue weighted by Gasteiger charge is -2.24. The number of hydrogen-bond donors (Lipinski definition) is 1. The normalized spacial score (nSPS) is 17.5. The third-order valence-corrected chi connectivity index (χ3v) is 4.92. The molecule has 1 heterocycles. The first-order chi connectivity index (χ1) is 10.6. The molecule has 114 valence electrons. The maximum atomic E-state index is 13.0. The second kappa shape index (κ2) is 6.58. The Morgan fingerprint density at radius 1 is 1.18 bits per heavy atom. The highest BCUT2D eigenvalue weighted by atomic mass is 35.5. The van der Waals surface area contributed by atoms with Gasteiger partial charge in [0.25, 0.3) is 0 Å². The summed E-state index contributed by atoms with van der Waals surface area (Å²) in [6, 6.07) is 13.1. The molecular formula is C16H14ClFN2OS. The Labute approximate surface area is 137 Å². The molecule has 0 bridgehead atoms. The number of halogens is 2. The van der Waals surface area contributed by atoms with Gasteiger partial charge in [-0.3, -0.25) is 0 Å². The molecule has 1 saturated heterocycles. The van der Waals surface area contributed by atoms with Crippen molar-refractivity contribution in [2.45, 2.75) is 5.37 Å². The van der Waals surface area contributed by atoms with Gasteiger partial charge in [0.05, 0.1) is 0 Å². The van der Waals surface area contributed by atoms with Gasteiger partial charge in [-0.1, -0.05) is 23.7 Å². The SMILES string of the molecule is O=C(Nc1ccc(Cl)cc1)N1CCSC1c1ccc(F)cc1. The first-order valence-corrected chi connectivity index (χ1v) is 8.26. The molecule has 2 aromatic rings. The fourth-order valence-electron chi connectivity index (χ4n) is 2.31. The van der Waals surface area contributed by atoms with Crippen LogP contribution in [-0.2, 0) is 0 Å². The highest BCUT2D eigenvalue weighted by Gasteiger charge is 2.30. The standard InChI is InChI=1S/C16H14ClFN2OS/c17-12-3-7-14(8-4-12)19-16(21)20-9-10-22-15(20)11-1-5-13(18)6-2-11/h1-8,15H,9-10H2,(H,19,21). The molecule has 2 amide bonds. The maximum Gasteiger partial charge on any atom is 0.323 e. The summed E-state index contributed by atoms with van der Waals surface area (Å²) in [4.78, 5) is 14.2. The van der Waals surface area contributed by atoms with Crippen LogP contribution in [-0.4, -0.2) is 23.2 Å². The topological polar surface area (TPSA) is 32.3 Å². The van der Waals surface area contributed by atoms with Crippen LogP contribution < -0.4 is 5.32 Å². The molecule has 0 aliphatic carbocycles. The zero-order chi connectivity index (χ0) is 15.5. The highest BCUT2D eigenvalue weighted by Crippen LogP contribution is 2.38. The molecule has 1 fully saturated rings. The Kier molecular flexibility index (Phi) is 4.55. The summed E-state index contributed by atoms with van der Waals surface area (Å²) in [7, 11) is 0. The Morgan fingerprint density at radius 2 is 1.86 bits per heavy atom. The summed E-state index contributed by atoms with van der Waals surface area (Å²) in [5.74, 6) is 0.583. The van der Waals surface area contributed by atoms with Crippen LogP contribution in [0, 0.1) is 5.82 Å². The number of thioether (sulfide) groups is 1. The molecule has 1 N–H and O–H groups in total. The maximum absolute atomic E-state index is 13.0. The number of anilines is 1. The predicted molar refractivity (Wildman–Crippen MR) is 88.8 cm³/mol. The number of amides is 2. The van der Waals surface area contributed by atoms with Crippen LogP contribution in [0.4, 0.5) is 14.9 Å². The lowest BCUT2D eigenvalue weighted by atomic mass is 10.2. The number of carbonyl (C=O) groups is 1. The Balaban J connectivity index is 1.73. The van der Waals surface area contributed by atoms with Crippen molar-refractivity contribution in [3.63, 3.8) is 0 Å². The fourth-order valence-corrected chi connectivity index (χ4v) is 3.69. The summed E-state index contributed by atoms with van der Waals surface area (Å²) in [5.41, 5.74) is 1.62. The smallest absolute Gasteiger partial charge is 0.308 e. The predicted octanol–water partition coefficient (Wildman–Crippen LogP) is 4.76. The number of nitrogens with zero attached hydrogens (tertiary/aromatic N) is 1. The Bertz CT molecular complexity index is 663. The molecule has 3 rings (SSSR count). The molecule has 0 spiro atoms. The van der Waals surface area contributed by atoms with Crippen LogP contribution >= 0.6 is 23.4 Å². The number of benzene rings is 2. The fraction of sp³-hybridized carbons (Fsp3) is 0.188. The van der Waals surface area contributed by atoms with Gasteiger partial charge in [0, 0.05) is 23.0 Å². The largest absolute Gasteiger partial charge is 0.323 e. The summed E-state index contributed by atoms with van der Waals surface area (Å²) in [5, 5.41) is 3.40. The van der Waals surface area contributed by atoms with E-state index in [9.17, 15) is 9.18 Å². The molecule has 1 aliphatic rings. The minimum atomic E-state index is -0.274. The van der Waals surface area contributed by atoms with Gasteiger partial charge >= 0.3 is 6.03 Å². The van der Waals surface area contributed by atoms with Crippen molar-refractivity contribution in [3.8, 4) is 0 Å². The van der Waals surface area contributed by atoms with Gasteiger partial charge in [0.2, 0.25) is 0 Å². The van der Waals surface area contributed by atoms with Crippen molar-refractivity contribution in [1.82, 2.24) is 4.90 Å². The molecule has 6 heteroatoms. The lowest BCUT2D eigenvalue weighted by Crippen LogP contribution is -2.34. The van der Waals surface area contributed by atoms with Gasteiger partial charge in [0.15, 0.2) is 0 Å². The van der Waals surface area contributed by atoms with Crippen molar-refractivity contribution < 1.29 is 9.18 Å². The second-order valence-corrected chi connectivity index (χ2v) is 6.53. The van der Waals surface area contributed by atoms with E-state index in [-0.39, 0.29) is 17.2 Å². The van der Waals surface area contributed by atoms with Crippen LogP contribution in [0.5, 0.6) is 0 Å². The van der Waals surface area contributed by atoms with E-state index in [2.05, 4.69) is 5.32 Å². The highest BCUT2D eigenvalue weighted by molar-refractivity contribution is 7.99. The zero-order valence-electron chi connectivity index (χ0n) is 11.6. The zero-order valence-corrected chi connectivity index (χ0v) is 13.2. The van der Waals surface area contributed by atoms with E-state index in [1.54, 1.807) is 53.1 Å². The van der Waals surface area contributed by atoms with Crippen molar-refractivity contribution >= 4 is 35.1 Å². The van der Waals surface area contributed by atoms with E-state index < -0.39 is 0 Å². The average Bonchev–Trinajstić information content (AvgIpc) is 3.00. The van der Waals surface area contributed by atoms with Gasteiger partial charge in [-0.25, -0.2) is 9.18 Å². The van der Waals surface area contributed by atoms with Gasteiger partial charge in [-0.05, 0) is 42.0 Å². The Morgan fingerprint density at radius 3 is 2.55 bits per heavy atom. The molecule has 1 aliphatic heterocycles. The van der Waals surface area contributed by atoms with Gasteiger partial charge < -0.3 is 10.2 Å². The van der Waals surface area contributed by atoms with Crippen LogP contribution in [0.3, 0.4) is 0 Å². The van der Waals surface area contributed by atoms with E-state index in [0.29, 0.717) is 17.3 Å². The minimum absolute atomic E-state index is 0.0899. The third-order valence-electron chi connectivity index (χ3n) is 3.40. The number of urea groups is 1. The van der Waals surface area contributed by atoms with Crippen molar-refractivity contribution in [1.29, 1.82) is 0 Å². The molecule has 0 saturated carbocycles. The summed E-state index contributed by atoms with van der Waals surface area (Å²) < 4.78 is 13.0. The Hall–Kier alpha value is -1.72. The quantitative estimate of drug-likeness (QED) is 0.857. The van der Waals surface area contributed by atoms with Gasteiger partial charge in [0.1, 0.15) is 11.2 Å². The number of nitrogens with one attached hydrogen (secondary N) is 1. The van der Waals surface area contributed by atoms with Crippen LogP contribution in [0.25, 0.3) is 0 Å². The molecule has 2 aromatic carbocycles. The lowest BCUT2D eigenvalue weighted by molar-refractivity contribution is 0.214. The number of rotatable bonds is 2. The second-order valence-electron chi connectivity index (χ2n) is 4.91. The van der Waals surface area contributed by atoms with Crippen LogP contribution in [0.15, 0.2) is 48.5 Å². The molecule has 0 aromatic heterocycles. The van der Waals surface area contributed by atoms with E-state index in [4.69, 9.17) is 11.6 Å². The molecule has 1 atom stereocenters. The minimum Gasteiger partial charge on any atom is -0.308 e. The van der Waals surface area contributed by atoms with Crippen LogP contribution in [0.1, 0.15) is 10.9 Å². The van der Waals surface area contributed by atoms with Crippen LogP contribution in [0.2, 0.25) is 5.02 Å². The van der Waals surface area contributed by atoms with E-state index in [1.165, 1.54) is 12.1 Å².